The molecule has 0 aromatic rings. The first-order valence-electron chi connectivity index (χ1n) is 10.2. The maximum atomic E-state index is 12.8. The summed E-state index contributed by atoms with van der Waals surface area (Å²) in [4.78, 5) is 51.0. The van der Waals surface area contributed by atoms with Gasteiger partial charge < -0.3 is 26.0 Å². The molecule has 9 nitrogen and oxygen atoms in total. The number of hydrogen-bond acceptors (Lipinski definition) is 6. The summed E-state index contributed by atoms with van der Waals surface area (Å²) in [5, 5.41) is 17.6. The van der Waals surface area contributed by atoms with Gasteiger partial charge in [-0.3, -0.25) is 14.4 Å². The molecule has 29 heavy (non-hydrogen) atoms. The van der Waals surface area contributed by atoms with Crippen molar-refractivity contribution in [2.75, 3.05) is 18.8 Å². The van der Waals surface area contributed by atoms with Gasteiger partial charge in [0.05, 0.1) is 6.04 Å². The van der Waals surface area contributed by atoms with Gasteiger partial charge in [0.15, 0.2) is 0 Å². The van der Waals surface area contributed by atoms with Gasteiger partial charge in [-0.15, -0.1) is 0 Å². The third-order valence-corrected chi connectivity index (χ3v) is 5.70. The average molecular weight is 429 g/mol. The Balaban J connectivity index is 1.97. The largest absolute Gasteiger partial charge is 0.480 e. The second-order valence-electron chi connectivity index (χ2n) is 8.11. The van der Waals surface area contributed by atoms with Gasteiger partial charge in [0.2, 0.25) is 17.7 Å². The molecule has 2 saturated heterocycles. The number of likely N-dealkylation sites (tertiary alicyclic amines) is 1. The van der Waals surface area contributed by atoms with E-state index in [0.717, 1.165) is 25.8 Å². The van der Waals surface area contributed by atoms with Gasteiger partial charge in [-0.25, -0.2) is 4.79 Å². The maximum Gasteiger partial charge on any atom is 0.326 e. The lowest BCUT2D eigenvalue weighted by atomic mass is 10.0. The number of rotatable bonds is 9. The Morgan fingerprint density at radius 2 is 1.86 bits per heavy atom. The van der Waals surface area contributed by atoms with Crippen LogP contribution in [0.15, 0.2) is 0 Å². The second kappa shape index (κ2) is 10.8. The smallest absolute Gasteiger partial charge is 0.326 e. The number of carbonyl (C=O) groups is 4. The van der Waals surface area contributed by atoms with Gasteiger partial charge in [-0.2, -0.15) is 12.6 Å². The van der Waals surface area contributed by atoms with Gasteiger partial charge in [0, 0.05) is 12.3 Å². The van der Waals surface area contributed by atoms with Crippen molar-refractivity contribution >= 4 is 36.3 Å². The minimum Gasteiger partial charge on any atom is -0.480 e. The Bertz CT molecular complexity index is 624. The third-order valence-electron chi connectivity index (χ3n) is 5.33. The molecule has 3 amide bonds. The van der Waals surface area contributed by atoms with Crippen LogP contribution in [0.25, 0.3) is 0 Å². The number of aliphatic carboxylic acids is 1. The van der Waals surface area contributed by atoms with Crippen molar-refractivity contribution < 1.29 is 24.3 Å². The van der Waals surface area contributed by atoms with Crippen LogP contribution in [0.2, 0.25) is 0 Å². The molecule has 0 bridgehead atoms. The molecular formula is C19H32N4O5S. The van der Waals surface area contributed by atoms with E-state index in [4.69, 9.17) is 0 Å². The highest BCUT2D eigenvalue weighted by Crippen LogP contribution is 2.21. The molecule has 0 saturated carbocycles. The Kier molecular flexibility index (Phi) is 8.76. The highest BCUT2D eigenvalue weighted by molar-refractivity contribution is 7.80. The monoisotopic (exact) mass is 428 g/mol. The molecule has 2 aliphatic heterocycles. The number of carboxylic acid groups (broad SMARTS) is 1. The van der Waals surface area contributed by atoms with Crippen LogP contribution in [-0.4, -0.2) is 76.7 Å². The van der Waals surface area contributed by atoms with Gasteiger partial charge in [-0.05, 0) is 44.6 Å². The van der Waals surface area contributed by atoms with Crippen LogP contribution in [-0.2, 0) is 19.2 Å². The van der Waals surface area contributed by atoms with E-state index in [1.165, 1.54) is 0 Å². The number of nitrogens with zero attached hydrogens (tertiary/aromatic N) is 1. The fourth-order valence-corrected chi connectivity index (χ4v) is 4.08. The van der Waals surface area contributed by atoms with Crippen molar-refractivity contribution in [2.24, 2.45) is 5.92 Å². The second-order valence-corrected chi connectivity index (χ2v) is 8.48. The molecule has 0 aromatic carbocycles. The number of carboxylic acids is 1. The fraction of sp³-hybridized carbons (Fsp3) is 0.789. The molecule has 0 radical (unpaired) electrons. The molecule has 0 aliphatic carbocycles. The summed E-state index contributed by atoms with van der Waals surface area (Å²) in [5.74, 6) is -2.07. The minimum absolute atomic E-state index is 0.0242. The summed E-state index contributed by atoms with van der Waals surface area (Å²) in [6, 6.07) is -2.87. The summed E-state index contributed by atoms with van der Waals surface area (Å²) < 4.78 is 0. The summed E-state index contributed by atoms with van der Waals surface area (Å²) in [6.45, 7) is 5.04. The fourth-order valence-electron chi connectivity index (χ4n) is 3.83. The number of nitrogens with one attached hydrogen (secondary N) is 3. The van der Waals surface area contributed by atoms with Crippen molar-refractivity contribution in [3.8, 4) is 0 Å². The Labute approximate surface area is 176 Å². The van der Waals surface area contributed by atoms with E-state index in [2.05, 4.69) is 28.6 Å². The summed E-state index contributed by atoms with van der Waals surface area (Å²) in [5.41, 5.74) is 0. The first-order valence-corrected chi connectivity index (χ1v) is 10.9. The molecule has 0 aromatic heterocycles. The van der Waals surface area contributed by atoms with Crippen LogP contribution in [0.4, 0.5) is 0 Å². The first-order chi connectivity index (χ1) is 13.7. The molecule has 0 spiro atoms. The molecule has 164 valence electrons. The SMILES string of the molecule is CC(C)CC(NC(=O)C(CS)NC(=O)C1CCCN1C(=O)C1CCCN1)C(=O)O. The van der Waals surface area contributed by atoms with E-state index in [1.807, 2.05) is 13.8 Å². The summed E-state index contributed by atoms with van der Waals surface area (Å²) >= 11 is 4.14. The van der Waals surface area contributed by atoms with E-state index in [-0.39, 0.29) is 30.0 Å². The van der Waals surface area contributed by atoms with E-state index < -0.39 is 35.9 Å². The van der Waals surface area contributed by atoms with Crippen LogP contribution in [0.1, 0.15) is 46.0 Å². The van der Waals surface area contributed by atoms with Crippen LogP contribution in [0.5, 0.6) is 0 Å². The quantitative estimate of drug-likeness (QED) is 0.323. The predicted molar refractivity (Wildman–Crippen MR) is 111 cm³/mol. The standard InChI is InChI=1S/C19H32N4O5S/c1-11(2)9-13(19(27)28)21-16(24)14(10-29)22-17(25)15-6-4-8-23(15)18(26)12-5-3-7-20-12/h11-15,20,29H,3-10H2,1-2H3,(H,21,24)(H,22,25)(H,27,28). The van der Waals surface area contributed by atoms with Gasteiger partial charge in [-0.1, -0.05) is 13.8 Å². The molecule has 2 heterocycles. The molecule has 4 atom stereocenters. The number of amides is 3. The van der Waals surface area contributed by atoms with E-state index in [0.29, 0.717) is 13.0 Å². The molecule has 4 unspecified atom stereocenters. The zero-order valence-electron chi connectivity index (χ0n) is 17.0. The van der Waals surface area contributed by atoms with Crippen LogP contribution < -0.4 is 16.0 Å². The van der Waals surface area contributed by atoms with Crippen molar-refractivity contribution in [1.82, 2.24) is 20.9 Å². The normalized spacial score (nSPS) is 23.7. The zero-order chi connectivity index (χ0) is 21.6. The van der Waals surface area contributed by atoms with E-state index in [9.17, 15) is 24.3 Å². The lowest BCUT2D eigenvalue weighted by Gasteiger charge is -2.28. The highest BCUT2D eigenvalue weighted by Gasteiger charge is 2.39. The van der Waals surface area contributed by atoms with Crippen molar-refractivity contribution in [3.05, 3.63) is 0 Å². The minimum atomic E-state index is -1.12. The van der Waals surface area contributed by atoms with Gasteiger partial charge in [0.1, 0.15) is 18.1 Å². The molecule has 10 heteroatoms. The highest BCUT2D eigenvalue weighted by atomic mass is 32.1. The number of hydrogen-bond donors (Lipinski definition) is 5. The topological polar surface area (TPSA) is 128 Å². The number of thiol groups is 1. The zero-order valence-corrected chi connectivity index (χ0v) is 17.9. The molecule has 2 fully saturated rings. The Hall–Kier alpha value is -1.81. The summed E-state index contributed by atoms with van der Waals surface area (Å²) in [7, 11) is 0. The van der Waals surface area contributed by atoms with Crippen molar-refractivity contribution in [2.45, 2.75) is 70.1 Å². The lowest BCUT2D eigenvalue weighted by molar-refractivity contribution is -0.143. The van der Waals surface area contributed by atoms with Gasteiger partial charge in [0.25, 0.3) is 0 Å². The summed E-state index contributed by atoms with van der Waals surface area (Å²) in [6.07, 6.45) is 3.25. The van der Waals surface area contributed by atoms with Crippen molar-refractivity contribution in [1.29, 1.82) is 0 Å². The van der Waals surface area contributed by atoms with E-state index in [1.54, 1.807) is 4.90 Å². The average Bonchev–Trinajstić information content (AvgIpc) is 3.35. The van der Waals surface area contributed by atoms with E-state index >= 15 is 0 Å². The Morgan fingerprint density at radius 1 is 1.14 bits per heavy atom. The van der Waals surface area contributed by atoms with Crippen LogP contribution in [0, 0.1) is 5.92 Å². The molecule has 4 N–H and O–H groups in total. The molecular weight excluding hydrogens is 396 g/mol. The third kappa shape index (κ3) is 6.33. The molecule has 2 aliphatic rings. The van der Waals surface area contributed by atoms with Gasteiger partial charge >= 0.3 is 5.97 Å². The Morgan fingerprint density at radius 3 is 2.41 bits per heavy atom. The lowest BCUT2D eigenvalue weighted by Crippen LogP contribution is -2.57. The van der Waals surface area contributed by atoms with Crippen LogP contribution >= 0.6 is 12.6 Å². The molecule has 2 rings (SSSR count). The van der Waals surface area contributed by atoms with Crippen LogP contribution in [0.3, 0.4) is 0 Å². The van der Waals surface area contributed by atoms with Crippen molar-refractivity contribution in [3.63, 3.8) is 0 Å². The predicted octanol–water partition coefficient (Wildman–Crippen LogP) is -0.240. The first kappa shape index (κ1) is 23.5. The number of carbonyl (C=O) groups excluding carboxylic acids is 3. The maximum absolute atomic E-state index is 12.8.